The van der Waals surface area contributed by atoms with Gasteiger partial charge in [-0.1, -0.05) is 12.8 Å². The number of nitrogens with zero attached hydrogens (tertiary/aromatic N) is 2. The zero-order valence-corrected chi connectivity index (χ0v) is 16.1. The minimum atomic E-state index is -0.925. The van der Waals surface area contributed by atoms with Crippen LogP contribution in [0.2, 0.25) is 0 Å². The Labute approximate surface area is 168 Å². The van der Waals surface area contributed by atoms with E-state index in [0.29, 0.717) is 23.2 Å². The Morgan fingerprint density at radius 2 is 1.72 bits per heavy atom. The van der Waals surface area contributed by atoms with Gasteiger partial charge in [-0.25, -0.2) is 0 Å². The van der Waals surface area contributed by atoms with Crippen molar-refractivity contribution in [2.45, 2.75) is 56.7 Å². The van der Waals surface area contributed by atoms with Gasteiger partial charge in [0.25, 0.3) is 11.8 Å². The third kappa shape index (κ3) is 2.93. The molecule has 8 heteroatoms. The van der Waals surface area contributed by atoms with E-state index in [2.05, 4.69) is 15.5 Å². The zero-order chi connectivity index (χ0) is 20.1. The summed E-state index contributed by atoms with van der Waals surface area (Å²) in [6.45, 7) is 1.76. The van der Waals surface area contributed by atoms with E-state index >= 15 is 0 Å². The maximum absolute atomic E-state index is 13.1. The van der Waals surface area contributed by atoms with Gasteiger partial charge >= 0.3 is 0 Å². The number of fused-ring (bicyclic) bond motifs is 2. The molecule has 0 radical (unpaired) electrons. The van der Waals surface area contributed by atoms with Crippen molar-refractivity contribution in [1.29, 1.82) is 0 Å². The van der Waals surface area contributed by atoms with Crippen LogP contribution in [0.3, 0.4) is 0 Å². The predicted molar refractivity (Wildman–Crippen MR) is 105 cm³/mol. The number of hydrogen-bond acceptors (Lipinski definition) is 6. The second-order valence-electron chi connectivity index (χ2n) is 8.28. The molecule has 3 heterocycles. The van der Waals surface area contributed by atoms with Crippen molar-refractivity contribution < 1.29 is 19.2 Å². The number of piperidine rings is 1. The lowest BCUT2D eigenvalue weighted by molar-refractivity contribution is -0.136. The molecule has 152 valence electrons. The van der Waals surface area contributed by atoms with Gasteiger partial charge in [-0.15, -0.1) is 0 Å². The number of carbonyl (C=O) groups is 4. The van der Waals surface area contributed by atoms with E-state index in [1.807, 2.05) is 6.07 Å². The molecule has 3 atom stereocenters. The lowest BCUT2D eigenvalue weighted by Crippen LogP contribution is -2.59. The molecular formula is C21H24N4O4. The van der Waals surface area contributed by atoms with E-state index in [4.69, 9.17) is 0 Å². The molecule has 0 aromatic heterocycles. The maximum atomic E-state index is 13.1. The normalized spacial score (nSPS) is 29.6. The summed E-state index contributed by atoms with van der Waals surface area (Å²) in [5.74, 6) is -1.85. The zero-order valence-electron chi connectivity index (χ0n) is 16.1. The lowest BCUT2D eigenvalue weighted by Gasteiger charge is -2.46. The number of hydrogen-bond donors (Lipinski definition) is 2. The molecule has 29 heavy (non-hydrogen) atoms. The molecule has 0 bridgehead atoms. The molecule has 8 nitrogen and oxygen atoms in total. The number of imide groups is 2. The quantitative estimate of drug-likeness (QED) is 0.718. The standard InChI is InChI=1S/C21H24N4O4/c26-18-8-7-17(19(27)23-18)25-20(28)13-6-5-12(11-14(13)21(25)29)24-10-9-22-15-3-1-2-4-16(15)24/h5-6,11,15-17,22H,1-4,7-10H2,(H,23,26,27). The van der Waals surface area contributed by atoms with Gasteiger partial charge < -0.3 is 10.2 Å². The van der Waals surface area contributed by atoms with Crippen molar-refractivity contribution in [3.8, 4) is 0 Å². The molecule has 1 saturated carbocycles. The summed E-state index contributed by atoms with van der Waals surface area (Å²) in [5.41, 5.74) is 1.63. The van der Waals surface area contributed by atoms with E-state index < -0.39 is 23.8 Å². The number of amides is 4. The lowest BCUT2D eigenvalue weighted by atomic mass is 9.87. The predicted octanol–water partition coefficient (Wildman–Crippen LogP) is 0.809. The highest BCUT2D eigenvalue weighted by Gasteiger charge is 2.45. The first-order chi connectivity index (χ1) is 14.0. The monoisotopic (exact) mass is 396 g/mol. The van der Waals surface area contributed by atoms with Gasteiger partial charge in [0.15, 0.2) is 0 Å². The fraction of sp³-hybridized carbons (Fsp3) is 0.524. The molecule has 5 rings (SSSR count). The minimum absolute atomic E-state index is 0.124. The first-order valence-corrected chi connectivity index (χ1v) is 10.4. The van der Waals surface area contributed by atoms with Gasteiger partial charge in [0.2, 0.25) is 11.8 Å². The number of anilines is 1. The van der Waals surface area contributed by atoms with Crippen molar-refractivity contribution in [3.05, 3.63) is 29.3 Å². The molecule has 3 aliphatic heterocycles. The van der Waals surface area contributed by atoms with E-state index in [0.717, 1.165) is 36.5 Å². The van der Waals surface area contributed by atoms with Gasteiger partial charge in [-0.2, -0.15) is 0 Å². The molecule has 3 unspecified atom stereocenters. The Morgan fingerprint density at radius 3 is 2.55 bits per heavy atom. The van der Waals surface area contributed by atoms with E-state index in [-0.39, 0.29) is 18.7 Å². The highest BCUT2D eigenvalue weighted by Crippen LogP contribution is 2.34. The Balaban J connectivity index is 1.44. The van der Waals surface area contributed by atoms with Crippen molar-refractivity contribution >= 4 is 29.3 Å². The minimum Gasteiger partial charge on any atom is -0.366 e. The number of piperazine rings is 1. The van der Waals surface area contributed by atoms with Gasteiger partial charge in [0, 0.05) is 37.3 Å². The fourth-order valence-corrected chi connectivity index (χ4v) is 5.22. The molecule has 0 spiro atoms. The summed E-state index contributed by atoms with van der Waals surface area (Å²) in [6, 6.07) is 5.35. The summed E-state index contributed by atoms with van der Waals surface area (Å²) in [6.07, 6.45) is 5.01. The Bertz CT molecular complexity index is 912. The number of carbonyl (C=O) groups excluding carboxylic acids is 4. The molecule has 1 aromatic carbocycles. The maximum Gasteiger partial charge on any atom is 0.262 e. The van der Waals surface area contributed by atoms with Gasteiger partial charge in [0.05, 0.1) is 11.1 Å². The fourth-order valence-electron chi connectivity index (χ4n) is 5.22. The Morgan fingerprint density at radius 1 is 0.931 bits per heavy atom. The molecule has 4 aliphatic rings. The third-order valence-electron chi connectivity index (χ3n) is 6.64. The van der Waals surface area contributed by atoms with Crippen molar-refractivity contribution in [2.24, 2.45) is 0 Å². The number of rotatable bonds is 2. The van der Waals surface area contributed by atoms with Gasteiger partial charge in [-0.3, -0.25) is 29.4 Å². The third-order valence-corrected chi connectivity index (χ3v) is 6.64. The van der Waals surface area contributed by atoms with Crippen molar-refractivity contribution in [1.82, 2.24) is 15.5 Å². The first kappa shape index (κ1) is 18.3. The van der Waals surface area contributed by atoms with E-state index in [1.165, 1.54) is 12.8 Å². The summed E-state index contributed by atoms with van der Waals surface area (Å²) in [4.78, 5) is 52.9. The molecule has 1 aliphatic carbocycles. The second-order valence-corrected chi connectivity index (χ2v) is 8.28. The van der Waals surface area contributed by atoms with Crippen LogP contribution in [0, 0.1) is 0 Å². The average Bonchev–Trinajstić information content (AvgIpc) is 2.98. The highest BCUT2D eigenvalue weighted by atomic mass is 16.2. The SMILES string of the molecule is O=C1CCC(N2C(=O)c3ccc(N4CCNC5CCCCC54)cc3C2=O)C(=O)N1. The van der Waals surface area contributed by atoms with Crippen LogP contribution < -0.4 is 15.5 Å². The van der Waals surface area contributed by atoms with Crippen molar-refractivity contribution in [2.75, 3.05) is 18.0 Å². The van der Waals surface area contributed by atoms with Crippen LogP contribution in [0.15, 0.2) is 18.2 Å². The van der Waals surface area contributed by atoms with Crippen LogP contribution >= 0.6 is 0 Å². The Kier molecular flexibility index (Phi) is 4.38. The van der Waals surface area contributed by atoms with E-state index in [9.17, 15) is 19.2 Å². The Hall–Kier alpha value is -2.74. The number of nitrogens with one attached hydrogen (secondary N) is 2. The van der Waals surface area contributed by atoms with Crippen LogP contribution in [0.1, 0.15) is 59.2 Å². The summed E-state index contributed by atoms with van der Waals surface area (Å²) in [5, 5.41) is 5.83. The summed E-state index contributed by atoms with van der Waals surface area (Å²) in [7, 11) is 0. The molecular weight excluding hydrogens is 372 g/mol. The molecule has 3 fully saturated rings. The van der Waals surface area contributed by atoms with Crippen molar-refractivity contribution in [3.63, 3.8) is 0 Å². The highest BCUT2D eigenvalue weighted by molar-refractivity contribution is 6.23. The van der Waals surface area contributed by atoms with E-state index in [1.54, 1.807) is 12.1 Å². The topological polar surface area (TPSA) is 98.8 Å². The molecule has 2 N–H and O–H groups in total. The molecule has 2 saturated heterocycles. The van der Waals surface area contributed by atoms with Crippen LogP contribution in [0.4, 0.5) is 5.69 Å². The van der Waals surface area contributed by atoms with Crippen LogP contribution in [-0.4, -0.2) is 59.7 Å². The largest absolute Gasteiger partial charge is 0.366 e. The van der Waals surface area contributed by atoms with Gasteiger partial charge in [0.1, 0.15) is 6.04 Å². The summed E-state index contributed by atoms with van der Waals surface area (Å²) >= 11 is 0. The second kappa shape index (κ2) is 6.95. The number of benzene rings is 1. The van der Waals surface area contributed by atoms with Crippen LogP contribution in [-0.2, 0) is 9.59 Å². The summed E-state index contributed by atoms with van der Waals surface area (Å²) < 4.78 is 0. The molecule has 1 aromatic rings. The first-order valence-electron chi connectivity index (χ1n) is 10.4. The van der Waals surface area contributed by atoms with Crippen LogP contribution in [0.25, 0.3) is 0 Å². The van der Waals surface area contributed by atoms with Crippen LogP contribution in [0.5, 0.6) is 0 Å². The van der Waals surface area contributed by atoms with Gasteiger partial charge in [-0.05, 0) is 37.5 Å². The average molecular weight is 396 g/mol. The smallest absolute Gasteiger partial charge is 0.262 e. The molecule has 4 amide bonds.